The van der Waals surface area contributed by atoms with Gasteiger partial charge in [0.05, 0.1) is 20.0 Å². The molecule has 0 aromatic carbocycles. The first-order chi connectivity index (χ1) is 7.65. The summed E-state index contributed by atoms with van der Waals surface area (Å²) in [6, 6.07) is 0. The van der Waals surface area contributed by atoms with Gasteiger partial charge in [0.15, 0.2) is 6.20 Å². The summed E-state index contributed by atoms with van der Waals surface area (Å²) >= 11 is 0. The van der Waals surface area contributed by atoms with Crippen LogP contribution in [0.1, 0.15) is 34.1 Å². The van der Waals surface area contributed by atoms with E-state index in [-0.39, 0.29) is 40.1 Å². The number of hydrogen-bond donors (Lipinski definition) is 0. The van der Waals surface area contributed by atoms with Crippen LogP contribution in [-0.4, -0.2) is 22.4 Å². The van der Waals surface area contributed by atoms with Crippen LogP contribution in [0, 0.1) is 0 Å². The third-order valence-electron chi connectivity index (χ3n) is 2.67. The van der Waals surface area contributed by atoms with Crippen LogP contribution >= 0.6 is 0 Å². The fraction of sp³-hybridized carbons (Fsp3) is 0.571. The molecule has 0 spiro atoms. The molecule has 1 radical (unpaired) electrons. The van der Waals surface area contributed by atoms with E-state index in [0.29, 0.717) is 0 Å². The molecular weight excluding hydrogens is 299 g/mol. The van der Waals surface area contributed by atoms with Crippen molar-refractivity contribution in [3.63, 3.8) is 0 Å². The first-order valence-corrected chi connectivity index (χ1v) is 5.91. The van der Waals surface area contributed by atoms with Crippen molar-refractivity contribution >= 4 is 6.21 Å². The van der Waals surface area contributed by atoms with Gasteiger partial charge < -0.3 is 0 Å². The number of aryl methyl sites for hydroxylation is 2. The minimum atomic E-state index is 0. The number of allylic oxidation sites excluding steroid dienone is 1. The second-order valence-corrected chi connectivity index (χ2v) is 4.10. The van der Waals surface area contributed by atoms with Gasteiger partial charge in [-0.2, -0.15) is 0 Å². The van der Waals surface area contributed by atoms with Crippen molar-refractivity contribution in [1.29, 1.82) is 0 Å². The van der Waals surface area contributed by atoms with Crippen LogP contribution in [0.25, 0.3) is 0 Å². The molecule has 0 N–H and O–H groups in total. The van der Waals surface area contributed by atoms with Gasteiger partial charge in [0, 0.05) is 38.3 Å². The van der Waals surface area contributed by atoms with E-state index in [1.165, 1.54) is 12.0 Å². The third-order valence-corrected chi connectivity index (χ3v) is 2.67. The van der Waals surface area contributed by atoms with Crippen LogP contribution in [0.2, 0.25) is 0 Å². The first kappa shape index (κ1) is 20.0. The van der Waals surface area contributed by atoms with E-state index >= 15 is 0 Å². The summed E-state index contributed by atoms with van der Waals surface area (Å²) in [6.07, 6.45) is 12.9. The van der Waals surface area contributed by atoms with E-state index in [4.69, 9.17) is 0 Å². The Morgan fingerprint density at radius 2 is 1.94 bits per heavy atom. The number of aromatic nitrogens is 2. The van der Waals surface area contributed by atoms with Crippen molar-refractivity contribution in [3.8, 4) is 0 Å². The molecule has 99 valence electrons. The molecule has 0 bridgehead atoms. The molecule has 0 fully saturated rings. The van der Waals surface area contributed by atoms with Gasteiger partial charge in [0.2, 0.25) is 6.33 Å². The van der Waals surface area contributed by atoms with Gasteiger partial charge in [-0.25, -0.2) is 13.7 Å². The van der Waals surface area contributed by atoms with E-state index in [1.807, 2.05) is 17.8 Å². The van der Waals surface area contributed by atoms with E-state index < -0.39 is 0 Å². The molecule has 0 saturated heterocycles. The van der Waals surface area contributed by atoms with Gasteiger partial charge in [0.25, 0.3) is 0 Å². The average Bonchev–Trinajstić information content (AvgIpc) is 2.88. The average molecular weight is 326 g/mol. The normalized spacial score (nSPS) is 12.4. The third kappa shape index (κ3) is 7.22. The second-order valence-electron chi connectivity index (χ2n) is 4.10. The number of imidazole rings is 1. The molecule has 2 rings (SSSR count). The maximum absolute atomic E-state index is 2.19. The summed E-state index contributed by atoms with van der Waals surface area (Å²) in [4.78, 5) is 0. The van der Waals surface area contributed by atoms with Gasteiger partial charge in [-0.3, -0.25) is 0 Å². The maximum Gasteiger partial charge on any atom is 0.243 e. The molecule has 0 atom stereocenters. The molecule has 1 aromatic rings. The molecular formula is C14H27N3Y+2. The molecule has 0 unspecified atom stereocenters. The standard InChI is InChI=1S/C7H12N.C6H11N2.CH4.Y/c1-3-7-4-5-8(2)6-7;1-3-8-5-4-7(2)6-8;;/h5-6H,3-4H2,1-2H3;4-6H,3H2,1-2H3;1H4;/q2*+1;;. The smallest absolute Gasteiger partial charge is 0.240 e. The fourth-order valence-electron chi connectivity index (χ4n) is 1.58. The molecule has 4 heteroatoms. The Morgan fingerprint density at radius 3 is 2.17 bits per heavy atom. The quantitative estimate of drug-likeness (QED) is 0.740. The molecule has 1 aliphatic heterocycles. The zero-order valence-corrected chi connectivity index (χ0v) is 14.3. The minimum Gasteiger partial charge on any atom is -0.240 e. The van der Waals surface area contributed by atoms with Crippen LogP contribution in [0.4, 0.5) is 0 Å². The predicted molar refractivity (Wildman–Crippen MR) is 73.3 cm³/mol. The van der Waals surface area contributed by atoms with Gasteiger partial charge in [0.1, 0.15) is 25.7 Å². The summed E-state index contributed by atoms with van der Waals surface area (Å²) in [7, 11) is 4.09. The maximum atomic E-state index is 2.19. The van der Waals surface area contributed by atoms with Crippen molar-refractivity contribution in [2.24, 2.45) is 7.05 Å². The van der Waals surface area contributed by atoms with Crippen molar-refractivity contribution < 1.29 is 41.9 Å². The van der Waals surface area contributed by atoms with Crippen LogP contribution in [-0.2, 0) is 46.3 Å². The van der Waals surface area contributed by atoms with E-state index in [1.54, 1.807) is 0 Å². The van der Waals surface area contributed by atoms with Crippen LogP contribution in [0.3, 0.4) is 0 Å². The van der Waals surface area contributed by atoms with Crippen LogP contribution < -0.4 is 4.57 Å². The zero-order valence-electron chi connectivity index (χ0n) is 11.4. The van der Waals surface area contributed by atoms with Gasteiger partial charge in [-0.15, -0.1) is 0 Å². The molecule has 2 heterocycles. The summed E-state index contributed by atoms with van der Waals surface area (Å²) in [6.45, 7) is 5.37. The van der Waals surface area contributed by atoms with E-state index in [9.17, 15) is 0 Å². The summed E-state index contributed by atoms with van der Waals surface area (Å²) in [5, 5.41) is 0. The predicted octanol–water partition coefficient (Wildman–Crippen LogP) is 2.36. The SMILES string of the molecule is C.CCC1=C[N+](C)=CC1.CCn1cc[n+](C)c1.[Y]. The molecule has 0 amide bonds. The number of nitrogens with zero attached hydrogens (tertiary/aromatic N) is 3. The van der Waals surface area contributed by atoms with E-state index in [0.717, 1.165) is 13.0 Å². The number of hydrogen-bond acceptors (Lipinski definition) is 0. The summed E-state index contributed by atoms with van der Waals surface area (Å²) in [5.41, 5.74) is 1.53. The molecule has 1 aromatic heterocycles. The minimum absolute atomic E-state index is 0. The Morgan fingerprint density at radius 1 is 1.28 bits per heavy atom. The largest absolute Gasteiger partial charge is 0.243 e. The van der Waals surface area contributed by atoms with Crippen LogP contribution in [0.15, 0.2) is 30.5 Å². The van der Waals surface area contributed by atoms with Crippen molar-refractivity contribution in [2.45, 2.75) is 40.7 Å². The summed E-state index contributed by atoms with van der Waals surface area (Å²) < 4.78 is 6.28. The van der Waals surface area contributed by atoms with Crippen molar-refractivity contribution in [1.82, 2.24) is 4.57 Å². The Balaban J connectivity index is 0. The molecule has 0 saturated carbocycles. The Kier molecular flexibility index (Phi) is 11.8. The van der Waals surface area contributed by atoms with Gasteiger partial charge >= 0.3 is 0 Å². The first-order valence-electron chi connectivity index (χ1n) is 5.91. The number of rotatable bonds is 2. The molecule has 3 nitrogen and oxygen atoms in total. The van der Waals surface area contributed by atoms with Crippen molar-refractivity contribution in [2.75, 3.05) is 7.05 Å². The summed E-state index contributed by atoms with van der Waals surface area (Å²) in [5.74, 6) is 0. The monoisotopic (exact) mass is 326 g/mol. The van der Waals surface area contributed by atoms with Gasteiger partial charge in [-0.05, 0) is 13.3 Å². The molecule has 1 aliphatic rings. The Hall–Kier alpha value is -0.276. The fourth-order valence-corrected chi connectivity index (χ4v) is 1.58. The second kappa shape index (κ2) is 10.6. The van der Waals surface area contributed by atoms with Crippen LogP contribution in [0.5, 0.6) is 0 Å². The Labute approximate surface area is 137 Å². The molecule has 0 aliphatic carbocycles. The molecule has 18 heavy (non-hydrogen) atoms. The van der Waals surface area contributed by atoms with Gasteiger partial charge in [-0.1, -0.05) is 14.4 Å². The van der Waals surface area contributed by atoms with Crippen molar-refractivity contribution in [3.05, 3.63) is 30.5 Å². The van der Waals surface area contributed by atoms with E-state index in [2.05, 4.69) is 55.0 Å². The Bertz CT molecular complexity index is 391. The zero-order chi connectivity index (χ0) is 12.0. The topological polar surface area (TPSA) is 11.8 Å².